The minimum atomic E-state index is 0.164. The summed E-state index contributed by atoms with van der Waals surface area (Å²) in [6.45, 7) is 5.16. The van der Waals surface area contributed by atoms with Gasteiger partial charge in [-0.2, -0.15) is 0 Å². The molecule has 0 spiro atoms. The first kappa shape index (κ1) is 15.8. The van der Waals surface area contributed by atoms with Crippen molar-refractivity contribution in [2.24, 2.45) is 11.3 Å². The molecule has 1 N–H and O–H groups in total. The van der Waals surface area contributed by atoms with Gasteiger partial charge in [-0.05, 0) is 37.0 Å². The maximum Gasteiger partial charge on any atom is 0.220 e. The lowest BCUT2D eigenvalue weighted by atomic mass is 9.86. The SMILES string of the molecule is CC(C)(CCCCl)CNC(=O)CC1CCCCC1. The van der Waals surface area contributed by atoms with Crippen LogP contribution in [0.1, 0.15) is 65.2 Å². The Hall–Kier alpha value is -0.240. The van der Waals surface area contributed by atoms with Crippen LogP contribution in [0.15, 0.2) is 0 Å². The number of hydrogen-bond acceptors (Lipinski definition) is 1. The van der Waals surface area contributed by atoms with Crippen LogP contribution in [0.2, 0.25) is 0 Å². The number of carbonyl (C=O) groups excluding carboxylic acids is 1. The summed E-state index contributed by atoms with van der Waals surface area (Å²) < 4.78 is 0. The van der Waals surface area contributed by atoms with Crippen molar-refractivity contribution < 1.29 is 4.79 Å². The van der Waals surface area contributed by atoms with E-state index in [1.807, 2.05) is 0 Å². The molecule has 1 amide bonds. The van der Waals surface area contributed by atoms with Crippen LogP contribution in [0.25, 0.3) is 0 Å². The van der Waals surface area contributed by atoms with E-state index in [1.54, 1.807) is 0 Å². The van der Waals surface area contributed by atoms with Crippen molar-refractivity contribution in [2.75, 3.05) is 12.4 Å². The molecule has 0 aromatic carbocycles. The summed E-state index contributed by atoms with van der Waals surface area (Å²) in [7, 11) is 0. The van der Waals surface area contributed by atoms with Gasteiger partial charge in [0.25, 0.3) is 0 Å². The number of rotatable bonds is 7. The largest absolute Gasteiger partial charge is 0.356 e. The molecule has 106 valence electrons. The normalized spacial score (nSPS) is 17.7. The smallest absolute Gasteiger partial charge is 0.220 e. The lowest BCUT2D eigenvalue weighted by Gasteiger charge is -2.26. The Morgan fingerprint density at radius 3 is 2.56 bits per heavy atom. The van der Waals surface area contributed by atoms with Crippen LogP contribution in [0.4, 0.5) is 0 Å². The van der Waals surface area contributed by atoms with E-state index in [0.29, 0.717) is 11.8 Å². The molecule has 1 fully saturated rings. The van der Waals surface area contributed by atoms with Gasteiger partial charge in [0.2, 0.25) is 5.91 Å². The van der Waals surface area contributed by atoms with Crippen molar-refractivity contribution in [3.8, 4) is 0 Å². The Morgan fingerprint density at radius 2 is 1.94 bits per heavy atom. The van der Waals surface area contributed by atoms with Crippen LogP contribution < -0.4 is 5.32 Å². The standard InChI is InChI=1S/C15H28ClNO/c1-15(2,9-6-10-16)12-17-14(18)11-13-7-4-3-5-8-13/h13H,3-12H2,1-2H3,(H,17,18). The molecule has 0 aliphatic heterocycles. The van der Waals surface area contributed by atoms with E-state index >= 15 is 0 Å². The molecule has 0 radical (unpaired) electrons. The summed E-state index contributed by atoms with van der Waals surface area (Å²) in [6, 6.07) is 0. The van der Waals surface area contributed by atoms with Crippen LogP contribution in [0, 0.1) is 11.3 Å². The highest BCUT2D eigenvalue weighted by atomic mass is 35.5. The molecular formula is C15H28ClNO. The zero-order valence-electron chi connectivity index (χ0n) is 11.9. The second-order valence-corrected chi connectivity index (χ2v) is 6.82. The van der Waals surface area contributed by atoms with E-state index in [2.05, 4.69) is 19.2 Å². The summed E-state index contributed by atoms with van der Waals surface area (Å²) in [6.07, 6.45) is 9.26. The minimum absolute atomic E-state index is 0.164. The molecule has 0 saturated heterocycles. The van der Waals surface area contributed by atoms with Crippen LogP contribution in [0.5, 0.6) is 0 Å². The predicted molar refractivity (Wildman–Crippen MR) is 77.9 cm³/mol. The fraction of sp³-hybridized carbons (Fsp3) is 0.933. The molecule has 0 aromatic heterocycles. The topological polar surface area (TPSA) is 29.1 Å². The quantitative estimate of drug-likeness (QED) is 0.695. The molecule has 0 unspecified atom stereocenters. The Bertz CT molecular complexity index is 247. The lowest BCUT2D eigenvalue weighted by Crippen LogP contribution is -2.35. The average molecular weight is 274 g/mol. The van der Waals surface area contributed by atoms with Crippen molar-refractivity contribution in [2.45, 2.75) is 65.2 Å². The van der Waals surface area contributed by atoms with Gasteiger partial charge in [-0.3, -0.25) is 4.79 Å². The molecule has 1 aliphatic rings. The molecule has 0 bridgehead atoms. The van der Waals surface area contributed by atoms with Gasteiger partial charge < -0.3 is 5.32 Å². The van der Waals surface area contributed by atoms with Gasteiger partial charge in [0, 0.05) is 18.8 Å². The molecule has 2 nitrogen and oxygen atoms in total. The highest BCUT2D eigenvalue weighted by Crippen LogP contribution is 2.26. The van der Waals surface area contributed by atoms with E-state index in [-0.39, 0.29) is 11.3 Å². The first-order chi connectivity index (χ1) is 8.53. The maximum atomic E-state index is 11.9. The molecule has 0 atom stereocenters. The van der Waals surface area contributed by atoms with E-state index in [9.17, 15) is 4.79 Å². The summed E-state index contributed by atoms with van der Waals surface area (Å²) in [5.74, 6) is 1.57. The third kappa shape index (κ3) is 6.63. The number of amides is 1. The van der Waals surface area contributed by atoms with Crippen molar-refractivity contribution in [1.82, 2.24) is 5.32 Å². The van der Waals surface area contributed by atoms with Gasteiger partial charge in [0.1, 0.15) is 0 Å². The first-order valence-electron chi connectivity index (χ1n) is 7.36. The van der Waals surface area contributed by atoms with Crippen molar-refractivity contribution >= 4 is 17.5 Å². The zero-order valence-corrected chi connectivity index (χ0v) is 12.7. The van der Waals surface area contributed by atoms with Crippen LogP contribution in [0.3, 0.4) is 0 Å². The minimum Gasteiger partial charge on any atom is -0.356 e. The Labute approximate surface area is 117 Å². The molecule has 18 heavy (non-hydrogen) atoms. The zero-order chi connectivity index (χ0) is 13.4. The summed E-state index contributed by atoms with van der Waals surface area (Å²) in [4.78, 5) is 11.9. The van der Waals surface area contributed by atoms with Crippen molar-refractivity contribution in [3.63, 3.8) is 0 Å². The van der Waals surface area contributed by atoms with Crippen molar-refractivity contribution in [3.05, 3.63) is 0 Å². The van der Waals surface area contributed by atoms with Crippen LogP contribution in [-0.4, -0.2) is 18.3 Å². The fourth-order valence-electron chi connectivity index (χ4n) is 2.70. The Morgan fingerprint density at radius 1 is 1.28 bits per heavy atom. The molecule has 1 aliphatic carbocycles. The number of nitrogens with one attached hydrogen (secondary N) is 1. The van der Waals surface area contributed by atoms with E-state index in [1.165, 1.54) is 32.1 Å². The Kier molecular flexibility index (Phi) is 7.06. The second kappa shape index (κ2) is 8.04. The van der Waals surface area contributed by atoms with Gasteiger partial charge in [-0.25, -0.2) is 0 Å². The number of hydrogen-bond donors (Lipinski definition) is 1. The van der Waals surface area contributed by atoms with Gasteiger partial charge in [-0.15, -0.1) is 11.6 Å². The molecular weight excluding hydrogens is 246 g/mol. The third-order valence-corrected chi connectivity index (χ3v) is 4.22. The summed E-state index contributed by atoms with van der Waals surface area (Å²) in [5.41, 5.74) is 0.164. The first-order valence-corrected chi connectivity index (χ1v) is 7.89. The van der Waals surface area contributed by atoms with Gasteiger partial charge >= 0.3 is 0 Å². The maximum absolute atomic E-state index is 11.9. The van der Waals surface area contributed by atoms with E-state index < -0.39 is 0 Å². The Balaban J connectivity index is 2.19. The number of halogens is 1. The second-order valence-electron chi connectivity index (χ2n) is 6.44. The lowest BCUT2D eigenvalue weighted by molar-refractivity contribution is -0.122. The average Bonchev–Trinajstić information content (AvgIpc) is 2.36. The number of carbonyl (C=O) groups is 1. The van der Waals surface area contributed by atoms with Crippen LogP contribution >= 0.6 is 11.6 Å². The van der Waals surface area contributed by atoms with Crippen molar-refractivity contribution in [1.29, 1.82) is 0 Å². The monoisotopic (exact) mass is 273 g/mol. The van der Waals surface area contributed by atoms with Gasteiger partial charge in [-0.1, -0.05) is 33.1 Å². The molecule has 3 heteroatoms. The van der Waals surface area contributed by atoms with Crippen LogP contribution in [-0.2, 0) is 4.79 Å². The molecule has 0 aromatic rings. The summed E-state index contributed by atoms with van der Waals surface area (Å²) in [5, 5.41) is 3.10. The van der Waals surface area contributed by atoms with E-state index in [0.717, 1.165) is 25.8 Å². The predicted octanol–water partition coefficient (Wildman–Crippen LogP) is 4.12. The molecule has 1 saturated carbocycles. The number of alkyl halides is 1. The molecule has 1 rings (SSSR count). The highest BCUT2D eigenvalue weighted by molar-refractivity contribution is 6.17. The van der Waals surface area contributed by atoms with Gasteiger partial charge in [0.15, 0.2) is 0 Å². The molecule has 0 heterocycles. The fourth-order valence-corrected chi connectivity index (χ4v) is 2.83. The summed E-state index contributed by atoms with van der Waals surface area (Å²) >= 11 is 5.71. The third-order valence-electron chi connectivity index (χ3n) is 3.95. The van der Waals surface area contributed by atoms with Gasteiger partial charge in [0.05, 0.1) is 0 Å². The highest BCUT2D eigenvalue weighted by Gasteiger charge is 2.20. The van der Waals surface area contributed by atoms with E-state index in [4.69, 9.17) is 11.6 Å².